The number of aromatic carboxylic acids is 1. The molecule has 0 radical (unpaired) electrons. The van der Waals surface area contributed by atoms with Crippen molar-refractivity contribution in [1.29, 1.82) is 0 Å². The highest BCUT2D eigenvalue weighted by molar-refractivity contribution is 6.19. The van der Waals surface area contributed by atoms with Gasteiger partial charge in [-0.1, -0.05) is 18.2 Å². The van der Waals surface area contributed by atoms with Crippen LogP contribution in [0, 0.1) is 13.8 Å². The molecule has 4 aromatic carbocycles. The maximum atomic E-state index is 13.7. The zero-order valence-corrected chi connectivity index (χ0v) is 22.3. The van der Waals surface area contributed by atoms with Gasteiger partial charge in [-0.3, -0.25) is 9.59 Å². The second-order valence-corrected chi connectivity index (χ2v) is 9.32. The van der Waals surface area contributed by atoms with Crippen LogP contribution in [0.25, 0.3) is 0 Å². The molecule has 0 saturated carbocycles. The van der Waals surface area contributed by atoms with Crippen LogP contribution in [0.15, 0.2) is 60.7 Å². The number of hydrogen-bond donors (Lipinski definition) is 5. The van der Waals surface area contributed by atoms with Gasteiger partial charge < -0.3 is 35.0 Å². The Morgan fingerprint density at radius 1 is 0.707 bits per heavy atom. The van der Waals surface area contributed by atoms with Crippen LogP contribution in [0.4, 0.5) is 0 Å². The molecule has 0 aliphatic heterocycles. The topological polar surface area (TPSA) is 171 Å². The first-order valence-electron chi connectivity index (χ1n) is 12.3. The molecule has 41 heavy (non-hydrogen) atoms. The number of carboxylic acids is 1. The fraction of sp³-hybridized carbons (Fsp3) is 0.129. The van der Waals surface area contributed by atoms with E-state index in [2.05, 4.69) is 0 Å². The van der Waals surface area contributed by atoms with Crippen LogP contribution in [0.3, 0.4) is 0 Å². The van der Waals surface area contributed by atoms with Gasteiger partial charge in [0.1, 0.15) is 39.9 Å². The number of carbonyl (C=O) groups is 3. The van der Waals surface area contributed by atoms with Crippen LogP contribution >= 0.6 is 0 Å². The molecule has 10 nitrogen and oxygen atoms in total. The number of carboxylic acid groups (broad SMARTS) is 1. The average Bonchev–Trinajstić information content (AvgIpc) is 2.89. The highest BCUT2D eigenvalue weighted by Crippen LogP contribution is 2.40. The molecule has 5 N–H and O–H groups in total. The van der Waals surface area contributed by atoms with Gasteiger partial charge in [-0.25, -0.2) is 4.79 Å². The Balaban J connectivity index is 1.81. The largest absolute Gasteiger partial charge is 0.507 e. The van der Waals surface area contributed by atoms with Crippen LogP contribution in [0.5, 0.6) is 40.2 Å². The molecular weight excluding hydrogens is 532 g/mol. The van der Waals surface area contributed by atoms with E-state index in [1.54, 1.807) is 19.9 Å². The van der Waals surface area contributed by atoms with Crippen molar-refractivity contribution >= 4 is 17.5 Å². The first-order valence-corrected chi connectivity index (χ1v) is 12.3. The van der Waals surface area contributed by atoms with Gasteiger partial charge in [-0.05, 0) is 67.4 Å². The molecule has 210 valence electrons. The quantitative estimate of drug-likeness (QED) is 0.170. The smallest absolute Gasteiger partial charge is 0.343 e. The number of rotatable bonds is 9. The molecule has 0 amide bonds. The van der Waals surface area contributed by atoms with Gasteiger partial charge in [-0.15, -0.1) is 0 Å². The minimum Gasteiger partial charge on any atom is -0.507 e. The van der Waals surface area contributed by atoms with E-state index in [-0.39, 0.29) is 39.7 Å². The van der Waals surface area contributed by atoms with Crippen LogP contribution in [-0.2, 0) is 6.42 Å². The monoisotopic (exact) mass is 558 g/mol. The summed E-state index contributed by atoms with van der Waals surface area (Å²) in [5.74, 6) is -5.29. The Labute approximate surface area is 234 Å². The van der Waals surface area contributed by atoms with Crippen molar-refractivity contribution in [3.8, 4) is 40.2 Å². The predicted molar refractivity (Wildman–Crippen MR) is 147 cm³/mol. The third-order valence-corrected chi connectivity index (χ3v) is 6.31. The van der Waals surface area contributed by atoms with Gasteiger partial charge in [0.15, 0.2) is 17.3 Å². The average molecular weight is 559 g/mol. The van der Waals surface area contributed by atoms with Crippen LogP contribution in [-0.4, -0.2) is 50.2 Å². The number of ketones is 2. The molecule has 0 aliphatic rings. The van der Waals surface area contributed by atoms with E-state index in [1.165, 1.54) is 61.7 Å². The van der Waals surface area contributed by atoms with Crippen molar-refractivity contribution in [1.82, 2.24) is 0 Å². The standard InChI is InChI=1S/C31H26O10/c1-15-10-17(30(23(36)13-15)41-25-9-5-8-24(40-3)28(25)31(38)39)14-21(34)18-11-16(2)12-22(35)26(18)29(37)27-19(32)6-4-7-20(27)33/h4-13,32-33,35-36H,14H2,1-3H3,(H,38,39). The number of carbonyl (C=O) groups excluding carboxylic acids is 2. The number of Topliss-reactive ketones (excluding diaryl/α,β-unsaturated/α-hetero) is 1. The number of ether oxygens (including phenoxy) is 2. The Morgan fingerprint density at radius 3 is 1.93 bits per heavy atom. The van der Waals surface area contributed by atoms with Gasteiger partial charge in [0, 0.05) is 17.5 Å². The second-order valence-electron chi connectivity index (χ2n) is 9.32. The summed E-state index contributed by atoms with van der Waals surface area (Å²) in [4.78, 5) is 39.1. The van der Waals surface area contributed by atoms with Crippen molar-refractivity contribution in [3.63, 3.8) is 0 Å². The summed E-state index contributed by atoms with van der Waals surface area (Å²) < 4.78 is 11.0. The Bertz CT molecular complexity index is 1680. The Morgan fingerprint density at radius 2 is 1.29 bits per heavy atom. The van der Waals surface area contributed by atoms with Crippen molar-refractivity contribution in [2.75, 3.05) is 7.11 Å². The SMILES string of the molecule is COc1cccc(Oc2c(O)cc(C)cc2CC(=O)c2cc(C)cc(O)c2C(=O)c2c(O)cccc2O)c1C(=O)O. The number of benzene rings is 4. The number of aryl methyl sites for hydroxylation is 2. The summed E-state index contributed by atoms with van der Waals surface area (Å²) in [5.41, 5.74) is -0.244. The van der Waals surface area contributed by atoms with E-state index < -0.39 is 52.3 Å². The maximum Gasteiger partial charge on any atom is 0.343 e. The summed E-state index contributed by atoms with van der Waals surface area (Å²) in [7, 11) is 1.30. The Hall–Kier alpha value is -5.51. The molecule has 0 fully saturated rings. The normalized spacial score (nSPS) is 10.7. The van der Waals surface area contributed by atoms with Gasteiger partial charge in [0.05, 0.1) is 12.7 Å². The summed E-state index contributed by atoms with van der Waals surface area (Å²) in [6, 6.07) is 13.6. The fourth-order valence-corrected chi connectivity index (χ4v) is 4.54. The maximum absolute atomic E-state index is 13.7. The number of aromatic hydroxyl groups is 4. The van der Waals surface area contributed by atoms with E-state index in [9.17, 15) is 39.9 Å². The zero-order valence-electron chi connectivity index (χ0n) is 22.3. The highest BCUT2D eigenvalue weighted by atomic mass is 16.5. The second kappa shape index (κ2) is 11.3. The van der Waals surface area contributed by atoms with Gasteiger partial charge in [0.25, 0.3) is 0 Å². The lowest BCUT2D eigenvalue weighted by Crippen LogP contribution is -2.14. The lowest BCUT2D eigenvalue weighted by molar-refractivity contribution is 0.0689. The minimum atomic E-state index is -1.34. The van der Waals surface area contributed by atoms with Crippen molar-refractivity contribution in [2.45, 2.75) is 20.3 Å². The van der Waals surface area contributed by atoms with Crippen molar-refractivity contribution in [2.24, 2.45) is 0 Å². The first-order chi connectivity index (χ1) is 19.4. The molecule has 4 rings (SSSR count). The molecule has 0 spiro atoms. The molecule has 0 saturated heterocycles. The fourth-order valence-electron chi connectivity index (χ4n) is 4.54. The molecule has 10 heteroatoms. The third-order valence-electron chi connectivity index (χ3n) is 6.31. The molecule has 0 atom stereocenters. The molecule has 4 aromatic rings. The molecule has 0 bridgehead atoms. The van der Waals surface area contributed by atoms with Crippen molar-refractivity contribution in [3.05, 3.63) is 99.6 Å². The summed E-state index contributed by atoms with van der Waals surface area (Å²) in [6.45, 7) is 3.27. The molecule has 0 unspecified atom stereocenters. The third kappa shape index (κ3) is 5.62. The zero-order chi connectivity index (χ0) is 30.0. The highest BCUT2D eigenvalue weighted by Gasteiger charge is 2.28. The van der Waals surface area contributed by atoms with E-state index >= 15 is 0 Å². The van der Waals surface area contributed by atoms with Crippen molar-refractivity contribution < 1.29 is 49.4 Å². The number of hydrogen-bond acceptors (Lipinski definition) is 9. The van der Waals surface area contributed by atoms with Crippen LogP contribution in [0.2, 0.25) is 0 Å². The van der Waals surface area contributed by atoms with E-state index in [0.29, 0.717) is 11.1 Å². The van der Waals surface area contributed by atoms with E-state index in [0.717, 1.165) is 0 Å². The molecule has 0 heterocycles. The van der Waals surface area contributed by atoms with Gasteiger partial charge >= 0.3 is 5.97 Å². The summed E-state index contributed by atoms with van der Waals surface area (Å²) in [5, 5.41) is 51.6. The van der Waals surface area contributed by atoms with Crippen LogP contribution in [0.1, 0.15) is 53.3 Å². The first kappa shape index (κ1) is 28.5. The van der Waals surface area contributed by atoms with Gasteiger partial charge in [0.2, 0.25) is 5.78 Å². The molecule has 0 aromatic heterocycles. The number of methoxy groups -OCH3 is 1. The predicted octanol–water partition coefficient (Wildman–Crippen LogP) is 5.28. The minimum absolute atomic E-state index is 0.0186. The van der Waals surface area contributed by atoms with Crippen LogP contribution < -0.4 is 9.47 Å². The number of phenols is 4. The molecule has 0 aliphatic carbocycles. The van der Waals surface area contributed by atoms with Gasteiger partial charge in [-0.2, -0.15) is 0 Å². The van der Waals surface area contributed by atoms with E-state index in [4.69, 9.17) is 9.47 Å². The van der Waals surface area contributed by atoms with E-state index in [1.807, 2.05) is 0 Å². The lowest BCUT2D eigenvalue weighted by atomic mass is 9.90. The Kier molecular flexibility index (Phi) is 7.86. The number of phenolic OH excluding ortho intramolecular Hbond substituents is 4. The summed E-state index contributed by atoms with van der Waals surface area (Å²) in [6.07, 6.45) is -0.438. The molecular formula is C31H26O10. The summed E-state index contributed by atoms with van der Waals surface area (Å²) >= 11 is 0. The lowest BCUT2D eigenvalue weighted by Gasteiger charge is -2.17.